The molecule has 1 aromatic carbocycles. The van der Waals surface area contributed by atoms with E-state index in [-0.39, 0.29) is 11.7 Å². The summed E-state index contributed by atoms with van der Waals surface area (Å²) in [6.45, 7) is 1.46. The second kappa shape index (κ2) is 7.50. The van der Waals surface area contributed by atoms with Crippen molar-refractivity contribution >= 4 is 17.2 Å². The number of amides is 1. The van der Waals surface area contributed by atoms with Gasteiger partial charge in [0.1, 0.15) is 29.0 Å². The summed E-state index contributed by atoms with van der Waals surface area (Å²) < 4.78 is 1.61. The van der Waals surface area contributed by atoms with Crippen LogP contribution in [0.2, 0.25) is 0 Å². The van der Waals surface area contributed by atoms with Crippen LogP contribution in [0, 0.1) is 11.3 Å². The fourth-order valence-corrected chi connectivity index (χ4v) is 3.85. The third kappa shape index (κ3) is 3.24. The molecule has 0 spiro atoms. The van der Waals surface area contributed by atoms with Gasteiger partial charge in [-0.3, -0.25) is 4.79 Å². The minimum absolute atomic E-state index is 0.123. The largest absolute Gasteiger partial charge is 0.382 e. The van der Waals surface area contributed by atoms with Crippen LogP contribution < -0.4 is 5.73 Å². The molecule has 3 aromatic heterocycles. The van der Waals surface area contributed by atoms with Crippen molar-refractivity contribution < 1.29 is 4.79 Å². The van der Waals surface area contributed by atoms with Crippen molar-refractivity contribution in [2.45, 2.75) is 12.8 Å². The van der Waals surface area contributed by atoms with E-state index in [0.29, 0.717) is 39.4 Å². The Balaban J connectivity index is 1.77. The second-order valence-corrected chi connectivity index (χ2v) is 7.31. The molecule has 2 N–H and O–H groups in total. The average Bonchev–Trinajstić information content (AvgIpc) is 3.50. The summed E-state index contributed by atoms with van der Waals surface area (Å²) in [5.74, 6) is 0.116. The Morgan fingerprint density at radius 1 is 1.16 bits per heavy atom. The van der Waals surface area contributed by atoms with Gasteiger partial charge >= 0.3 is 0 Å². The minimum Gasteiger partial charge on any atom is -0.382 e. The van der Waals surface area contributed by atoms with Crippen LogP contribution in [-0.2, 0) is 0 Å². The first kappa shape index (κ1) is 18.7. The fraction of sp³-hybridized carbons (Fsp3) is 0.182. The molecule has 0 radical (unpaired) electrons. The zero-order valence-electron chi connectivity index (χ0n) is 16.6. The van der Waals surface area contributed by atoms with E-state index >= 15 is 0 Å². The maximum Gasteiger partial charge on any atom is 0.274 e. The molecule has 152 valence electrons. The Morgan fingerprint density at radius 3 is 2.74 bits per heavy atom. The molecule has 0 saturated carbocycles. The molecule has 0 aliphatic carbocycles. The number of hydrogen-bond donors (Lipinski definition) is 1. The maximum absolute atomic E-state index is 12.9. The molecular weight excluding hydrogens is 392 g/mol. The predicted octanol–water partition coefficient (Wildman–Crippen LogP) is 2.54. The summed E-state index contributed by atoms with van der Waals surface area (Å²) in [7, 11) is 0. The summed E-state index contributed by atoms with van der Waals surface area (Å²) in [5, 5.41) is 13.9. The molecule has 0 atom stereocenters. The van der Waals surface area contributed by atoms with E-state index in [1.165, 1.54) is 6.33 Å². The number of nitrogens with two attached hydrogens (primary N) is 1. The van der Waals surface area contributed by atoms with Gasteiger partial charge in [-0.1, -0.05) is 12.1 Å². The molecule has 9 heteroatoms. The van der Waals surface area contributed by atoms with Gasteiger partial charge in [-0.05, 0) is 31.0 Å². The molecule has 1 saturated heterocycles. The molecule has 9 nitrogen and oxygen atoms in total. The highest BCUT2D eigenvalue weighted by Gasteiger charge is 2.25. The van der Waals surface area contributed by atoms with Crippen molar-refractivity contribution in [3.63, 3.8) is 0 Å². The molecule has 0 bridgehead atoms. The molecule has 1 amide bonds. The molecule has 4 heterocycles. The Hall–Kier alpha value is -4.32. The van der Waals surface area contributed by atoms with Crippen molar-refractivity contribution in [3.05, 3.63) is 60.2 Å². The molecule has 1 aliphatic heterocycles. The van der Waals surface area contributed by atoms with Gasteiger partial charge in [0.15, 0.2) is 5.69 Å². The highest BCUT2D eigenvalue weighted by Crippen LogP contribution is 2.33. The van der Waals surface area contributed by atoms with Gasteiger partial charge in [-0.2, -0.15) is 10.4 Å². The summed E-state index contributed by atoms with van der Waals surface area (Å²) >= 11 is 0. The summed E-state index contributed by atoms with van der Waals surface area (Å²) in [6, 6.07) is 12.6. The maximum atomic E-state index is 12.9. The van der Waals surface area contributed by atoms with Gasteiger partial charge in [0, 0.05) is 30.9 Å². The van der Waals surface area contributed by atoms with E-state index in [1.807, 2.05) is 6.07 Å². The van der Waals surface area contributed by atoms with Crippen LogP contribution in [0.4, 0.5) is 5.82 Å². The van der Waals surface area contributed by atoms with Gasteiger partial charge in [0.05, 0.1) is 17.3 Å². The molecule has 0 unspecified atom stereocenters. The molecule has 1 aliphatic rings. The molecule has 31 heavy (non-hydrogen) atoms. The molecule has 1 fully saturated rings. The Kier molecular flexibility index (Phi) is 4.52. The van der Waals surface area contributed by atoms with E-state index in [2.05, 4.69) is 26.1 Å². The van der Waals surface area contributed by atoms with Crippen molar-refractivity contribution in [1.29, 1.82) is 5.26 Å². The number of nitrogens with zero attached hydrogens (tertiary/aromatic N) is 7. The summed E-state index contributed by atoms with van der Waals surface area (Å²) in [5.41, 5.74) is 9.98. The third-order valence-corrected chi connectivity index (χ3v) is 5.34. The van der Waals surface area contributed by atoms with Gasteiger partial charge in [0.25, 0.3) is 5.91 Å². The number of hydrogen-bond acceptors (Lipinski definition) is 7. The van der Waals surface area contributed by atoms with Crippen molar-refractivity contribution in [2.24, 2.45) is 0 Å². The smallest absolute Gasteiger partial charge is 0.274 e. The van der Waals surface area contributed by atoms with Crippen LogP contribution in [0.15, 0.2) is 48.9 Å². The SMILES string of the molecule is N#Cc1cccc(-c2nc(N)c3cc(C(=O)N4CCCC4)nn3c2-c2ccncn2)c1. The predicted molar refractivity (Wildman–Crippen MR) is 114 cm³/mol. The molecule has 5 rings (SSSR count). The van der Waals surface area contributed by atoms with Crippen molar-refractivity contribution in [1.82, 2.24) is 29.5 Å². The topological polar surface area (TPSA) is 126 Å². The first-order valence-corrected chi connectivity index (χ1v) is 9.91. The average molecular weight is 410 g/mol. The number of benzene rings is 1. The quantitative estimate of drug-likeness (QED) is 0.550. The number of carbonyl (C=O) groups excluding carboxylic acids is 1. The highest BCUT2D eigenvalue weighted by molar-refractivity contribution is 5.95. The number of aromatic nitrogens is 5. The first-order valence-electron chi connectivity index (χ1n) is 9.91. The van der Waals surface area contributed by atoms with Crippen LogP contribution in [0.1, 0.15) is 28.9 Å². The van der Waals surface area contributed by atoms with Crippen molar-refractivity contribution in [3.8, 4) is 28.7 Å². The van der Waals surface area contributed by atoms with Crippen LogP contribution in [-0.4, -0.2) is 48.5 Å². The zero-order chi connectivity index (χ0) is 21.4. The Labute approximate surface area is 177 Å². The molecular formula is C22H18N8O. The van der Waals surface area contributed by atoms with Crippen LogP contribution in [0.25, 0.3) is 28.2 Å². The number of rotatable bonds is 3. The van der Waals surface area contributed by atoms with E-state index in [9.17, 15) is 10.1 Å². The van der Waals surface area contributed by atoms with E-state index in [0.717, 1.165) is 25.9 Å². The van der Waals surface area contributed by atoms with Crippen molar-refractivity contribution in [2.75, 3.05) is 18.8 Å². The lowest BCUT2D eigenvalue weighted by Crippen LogP contribution is -2.27. The van der Waals surface area contributed by atoms with Gasteiger partial charge in [-0.15, -0.1) is 0 Å². The van der Waals surface area contributed by atoms with E-state index in [4.69, 9.17) is 5.73 Å². The van der Waals surface area contributed by atoms with Crippen LogP contribution in [0.5, 0.6) is 0 Å². The number of nitrogen functional groups attached to an aromatic ring is 1. The minimum atomic E-state index is -0.123. The highest BCUT2D eigenvalue weighted by atomic mass is 16.2. The van der Waals surface area contributed by atoms with E-state index in [1.54, 1.807) is 45.9 Å². The van der Waals surface area contributed by atoms with E-state index < -0.39 is 0 Å². The standard InChI is InChI=1S/C22H18N8O/c23-12-14-4-3-5-15(10-14)19-20(16-6-7-25-13-26-16)30-18(21(24)27-19)11-17(28-30)22(31)29-8-1-2-9-29/h3-7,10-11,13H,1-2,8-9H2,(H2,24,27). The fourth-order valence-electron chi connectivity index (χ4n) is 3.85. The Bertz CT molecular complexity index is 1330. The first-order chi connectivity index (χ1) is 15.2. The number of fused-ring (bicyclic) bond motifs is 1. The number of carbonyl (C=O) groups is 1. The second-order valence-electron chi connectivity index (χ2n) is 7.31. The van der Waals surface area contributed by atoms with Crippen LogP contribution in [0.3, 0.4) is 0 Å². The summed E-state index contributed by atoms with van der Waals surface area (Å²) in [6.07, 6.45) is 5.05. The third-order valence-electron chi connectivity index (χ3n) is 5.34. The Morgan fingerprint density at radius 2 is 2.00 bits per heavy atom. The number of anilines is 1. The normalized spacial score (nSPS) is 13.5. The lowest BCUT2D eigenvalue weighted by molar-refractivity contribution is 0.0786. The van der Waals surface area contributed by atoms with Crippen LogP contribution >= 0.6 is 0 Å². The zero-order valence-corrected chi connectivity index (χ0v) is 16.6. The van der Waals surface area contributed by atoms with Gasteiger partial charge in [-0.25, -0.2) is 19.5 Å². The molecule has 4 aromatic rings. The van der Waals surface area contributed by atoms with Gasteiger partial charge < -0.3 is 10.6 Å². The van der Waals surface area contributed by atoms with Gasteiger partial charge in [0.2, 0.25) is 0 Å². The summed E-state index contributed by atoms with van der Waals surface area (Å²) in [4.78, 5) is 27.7. The number of nitriles is 1. The lowest BCUT2D eigenvalue weighted by atomic mass is 10.0. The monoisotopic (exact) mass is 410 g/mol. The number of likely N-dealkylation sites (tertiary alicyclic amines) is 1. The lowest BCUT2D eigenvalue weighted by Gasteiger charge is -2.13.